The van der Waals surface area contributed by atoms with Gasteiger partial charge < -0.3 is 14.3 Å². The number of piperazine rings is 2. The highest BCUT2D eigenvalue weighted by molar-refractivity contribution is 5.93. The van der Waals surface area contributed by atoms with Crippen LogP contribution < -0.4 is 0 Å². The van der Waals surface area contributed by atoms with Crippen LogP contribution in [-0.2, 0) is 11.2 Å². The van der Waals surface area contributed by atoms with E-state index >= 15 is 0 Å². The molecule has 0 bridgehead atoms. The SMILES string of the molecule is CCc1cc(C(=O)N2CCN3CCN(C)C(=O)C3C2)no1. The van der Waals surface area contributed by atoms with Gasteiger partial charge in [0.1, 0.15) is 11.8 Å². The van der Waals surface area contributed by atoms with E-state index in [9.17, 15) is 9.59 Å². The smallest absolute Gasteiger partial charge is 0.276 e. The standard InChI is InChI=1S/C14H20N4O3/c1-3-10-8-11(15-21-10)13(19)18-7-6-17-5-4-16(2)14(20)12(17)9-18/h8,12H,3-7,9H2,1-2H3. The minimum absolute atomic E-state index is 0.0909. The maximum atomic E-state index is 12.5. The molecule has 2 fully saturated rings. The second-order valence-corrected chi connectivity index (χ2v) is 5.59. The molecule has 114 valence electrons. The van der Waals surface area contributed by atoms with Crippen LogP contribution in [0.3, 0.4) is 0 Å². The molecule has 3 rings (SSSR count). The van der Waals surface area contributed by atoms with Crippen molar-refractivity contribution < 1.29 is 14.1 Å². The van der Waals surface area contributed by atoms with Gasteiger partial charge in [0.2, 0.25) is 5.91 Å². The number of hydrogen-bond donors (Lipinski definition) is 0. The van der Waals surface area contributed by atoms with Crippen LogP contribution in [0, 0.1) is 0 Å². The fraction of sp³-hybridized carbons (Fsp3) is 0.643. The topological polar surface area (TPSA) is 69.9 Å². The van der Waals surface area contributed by atoms with E-state index in [-0.39, 0.29) is 17.9 Å². The van der Waals surface area contributed by atoms with Gasteiger partial charge in [0.05, 0.1) is 0 Å². The summed E-state index contributed by atoms with van der Waals surface area (Å²) in [6, 6.07) is 1.46. The molecule has 0 aliphatic carbocycles. The minimum Gasteiger partial charge on any atom is -0.361 e. The van der Waals surface area contributed by atoms with E-state index < -0.39 is 0 Å². The van der Waals surface area contributed by atoms with Crippen molar-refractivity contribution in [2.75, 3.05) is 39.8 Å². The number of amides is 2. The summed E-state index contributed by atoms with van der Waals surface area (Å²) in [5, 5.41) is 3.82. The number of carbonyl (C=O) groups excluding carboxylic acids is 2. The average molecular weight is 292 g/mol. The number of aromatic nitrogens is 1. The van der Waals surface area contributed by atoms with Gasteiger partial charge in [-0.2, -0.15) is 0 Å². The van der Waals surface area contributed by atoms with Gasteiger partial charge in [0.25, 0.3) is 5.91 Å². The van der Waals surface area contributed by atoms with Crippen LogP contribution in [0.25, 0.3) is 0 Å². The normalized spacial score (nSPS) is 23.3. The molecule has 21 heavy (non-hydrogen) atoms. The summed E-state index contributed by atoms with van der Waals surface area (Å²) in [5.41, 5.74) is 0.330. The highest BCUT2D eigenvalue weighted by atomic mass is 16.5. The third kappa shape index (κ3) is 2.53. The summed E-state index contributed by atoms with van der Waals surface area (Å²) in [4.78, 5) is 30.3. The minimum atomic E-state index is -0.223. The fourth-order valence-corrected chi connectivity index (χ4v) is 2.89. The van der Waals surface area contributed by atoms with E-state index in [0.29, 0.717) is 31.0 Å². The van der Waals surface area contributed by atoms with Gasteiger partial charge in [0.15, 0.2) is 5.69 Å². The van der Waals surface area contributed by atoms with Crippen molar-refractivity contribution >= 4 is 11.8 Å². The summed E-state index contributed by atoms with van der Waals surface area (Å²) in [6.45, 7) is 5.36. The Bertz CT molecular complexity index is 556. The quantitative estimate of drug-likeness (QED) is 0.757. The highest BCUT2D eigenvalue weighted by Gasteiger charge is 2.39. The summed E-state index contributed by atoms with van der Waals surface area (Å²) in [6.07, 6.45) is 0.708. The van der Waals surface area contributed by atoms with Crippen molar-refractivity contribution in [3.8, 4) is 0 Å². The fourth-order valence-electron chi connectivity index (χ4n) is 2.89. The largest absolute Gasteiger partial charge is 0.361 e. The number of nitrogens with zero attached hydrogens (tertiary/aromatic N) is 4. The van der Waals surface area contributed by atoms with Gasteiger partial charge in [-0.15, -0.1) is 0 Å². The first kappa shape index (κ1) is 14.1. The Morgan fingerprint density at radius 3 is 2.86 bits per heavy atom. The van der Waals surface area contributed by atoms with Crippen LogP contribution in [0.5, 0.6) is 0 Å². The molecule has 0 N–H and O–H groups in total. The molecular weight excluding hydrogens is 272 g/mol. The zero-order valence-electron chi connectivity index (χ0n) is 12.4. The van der Waals surface area contributed by atoms with Crippen LogP contribution in [0.2, 0.25) is 0 Å². The Hall–Kier alpha value is -1.89. The molecule has 2 amide bonds. The van der Waals surface area contributed by atoms with Crippen molar-refractivity contribution in [1.82, 2.24) is 19.9 Å². The Balaban J connectivity index is 1.72. The van der Waals surface area contributed by atoms with Gasteiger partial charge in [-0.25, -0.2) is 0 Å². The first-order chi connectivity index (χ1) is 10.1. The van der Waals surface area contributed by atoms with E-state index in [1.165, 1.54) is 0 Å². The van der Waals surface area contributed by atoms with Gasteiger partial charge in [0, 0.05) is 52.3 Å². The summed E-state index contributed by atoms with van der Waals surface area (Å²) in [7, 11) is 1.81. The maximum absolute atomic E-state index is 12.5. The number of aryl methyl sites for hydroxylation is 1. The van der Waals surface area contributed by atoms with E-state index in [1.807, 2.05) is 14.0 Å². The molecule has 7 nitrogen and oxygen atoms in total. The first-order valence-electron chi connectivity index (χ1n) is 7.34. The van der Waals surface area contributed by atoms with Crippen LogP contribution >= 0.6 is 0 Å². The molecule has 3 heterocycles. The molecule has 7 heteroatoms. The Kier molecular flexibility index (Phi) is 3.67. The number of fused-ring (bicyclic) bond motifs is 1. The molecule has 1 unspecified atom stereocenters. The predicted octanol–water partition coefficient (Wildman–Crippen LogP) is -0.165. The molecule has 0 spiro atoms. The van der Waals surface area contributed by atoms with Crippen LogP contribution in [0.15, 0.2) is 10.6 Å². The molecule has 0 saturated carbocycles. The molecule has 1 atom stereocenters. The van der Waals surface area contributed by atoms with Gasteiger partial charge in [-0.3, -0.25) is 14.5 Å². The molecule has 1 aromatic rings. The molecule has 2 saturated heterocycles. The van der Waals surface area contributed by atoms with E-state index in [2.05, 4.69) is 10.1 Å². The summed E-state index contributed by atoms with van der Waals surface area (Å²) < 4.78 is 5.09. The summed E-state index contributed by atoms with van der Waals surface area (Å²) in [5.74, 6) is 0.637. The number of carbonyl (C=O) groups is 2. The monoisotopic (exact) mass is 292 g/mol. The van der Waals surface area contributed by atoms with Crippen LogP contribution in [0.4, 0.5) is 0 Å². The Morgan fingerprint density at radius 2 is 2.14 bits per heavy atom. The van der Waals surface area contributed by atoms with Crippen molar-refractivity contribution in [2.24, 2.45) is 0 Å². The molecular formula is C14H20N4O3. The molecule has 2 aliphatic heterocycles. The van der Waals surface area contributed by atoms with E-state index in [1.54, 1.807) is 15.9 Å². The second kappa shape index (κ2) is 5.48. The lowest BCUT2D eigenvalue weighted by atomic mass is 10.1. The lowest BCUT2D eigenvalue weighted by molar-refractivity contribution is -0.142. The second-order valence-electron chi connectivity index (χ2n) is 5.59. The zero-order valence-corrected chi connectivity index (χ0v) is 12.4. The van der Waals surface area contributed by atoms with Crippen molar-refractivity contribution in [1.29, 1.82) is 0 Å². The summed E-state index contributed by atoms with van der Waals surface area (Å²) >= 11 is 0. The third-order valence-electron chi connectivity index (χ3n) is 4.29. The maximum Gasteiger partial charge on any atom is 0.276 e. The molecule has 1 aromatic heterocycles. The van der Waals surface area contributed by atoms with Gasteiger partial charge in [-0.1, -0.05) is 12.1 Å². The lowest BCUT2D eigenvalue weighted by Gasteiger charge is -2.45. The highest BCUT2D eigenvalue weighted by Crippen LogP contribution is 2.18. The number of hydrogen-bond acceptors (Lipinski definition) is 5. The van der Waals surface area contributed by atoms with Crippen LogP contribution in [0.1, 0.15) is 23.2 Å². The molecule has 0 radical (unpaired) electrons. The molecule has 0 aromatic carbocycles. The van der Waals surface area contributed by atoms with Crippen molar-refractivity contribution in [2.45, 2.75) is 19.4 Å². The molecule has 2 aliphatic rings. The third-order valence-corrected chi connectivity index (χ3v) is 4.29. The average Bonchev–Trinajstić information content (AvgIpc) is 2.99. The number of likely N-dealkylation sites (N-methyl/N-ethyl adjacent to an activating group) is 1. The van der Waals surface area contributed by atoms with Crippen molar-refractivity contribution in [3.63, 3.8) is 0 Å². The zero-order chi connectivity index (χ0) is 15.0. The van der Waals surface area contributed by atoms with Gasteiger partial charge >= 0.3 is 0 Å². The first-order valence-corrected chi connectivity index (χ1v) is 7.34. The lowest BCUT2D eigenvalue weighted by Crippen LogP contribution is -2.64. The van der Waals surface area contributed by atoms with Gasteiger partial charge in [-0.05, 0) is 0 Å². The van der Waals surface area contributed by atoms with Crippen LogP contribution in [-0.4, -0.2) is 77.5 Å². The van der Waals surface area contributed by atoms with Crippen molar-refractivity contribution in [3.05, 3.63) is 17.5 Å². The van der Waals surface area contributed by atoms with E-state index in [4.69, 9.17) is 4.52 Å². The number of rotatable bonds is 2. The van der Waals surface area contributed by atoms with E-state index in [0.717, 1.165) is 19.6 Å². The Morgan fingerprint density at radius 1 is 1.38 bits per heavy atom. The Labute approximate surface area is 123 Å². The predicted molar refractivity (Wildman–Crippen MR) is 74.8 cm³/mol.